The number of hydrogen-bond acceptors (Lipinski definition) is 6. The van der Waals surface area contributed by atoms with E-state index in [1.807, 2.05) is 49.5 Å². The molecule has 0 bridgehead atoms. The third-order valence-corrected chi connectivity index (χ3v) is 6.01. The lowest BCUT2D eigenvalue weighted by Gasteiger charge is -2.28. The minimum atomic E-state index is -1.08. The molecule has 0 aromatic heterocycles. The van der Waals surface area contributed by atoms with Gasteiger partial charge in [0.1, 0.15) is 23.1 Å². The van der Waals surface area contributed by atoms with Crippen LogP contribution in [0.4, 0.5) is 0 Å². The molecule has 1 aliphatic rings. The molecule has 0 saturated carbocycles. The van der Waals surface area contributed by atoms with Crippen LogP contribution in [0.25, 0.3) is 11.1 Å². The Labute approximate surface area is 194 Å². The molecular weight excluding hydrogens is 424 g/mol. The lowest BCUT2D eigenvalue weighted by Crippen LogP contribution is -2.53. The second-order valence-electron chi connectivity index (χ2n) is 8.10. The Balaban J connectivity index is 1.76. The summed E-state index contributed by atoms with van der Waals surface area (Å²) < 4.78 is 16.7. The zero-order valence-electron chi connectivity index (χ0n) is 19.3. The molecule has 1 unspecified atom stereocenters. The summed E-state index contributed by atoms with van der Waals surface area (Å²) in [5.41, 5.74) is 1.52. The van der Waals surface area contributed by atoms with E-state index in [2.05, 4.69) is 10.6 Å². The molecule has 1 heterocycles. The van der Waals surface area contributed by atoms with Crippen LogP contribution in [0.2, 0.25) is 0 Å². The van der Waals surface area contributed by atoms with Crippen molar-refractivity contribution in [3.05, 3.63) is 48.0 Å². The van der Waals surface area contributed by atoms with Gasteiger partial charge in [-0.2, -0.15) is 0 Å². The van der Waals surface area contributed by atoms with Crippen molar-refractivity contribution in [1.29, 1.82) is 0 Å². The maximum absolute atomic E-state index is 13.0. The molecule has 0 aliphatic carbocycles. The second kappa shape index (κ2) is 11.2. The van der Waals surface area contributed by atoms with Gasteiger partial charge in [-0.15, -0.1) is 0 Å². The van der Waals surface area contributed by atoms with E-state index in [0.717, 1.165) is 23.1 Å². The Morgan fingerprint density at radius 3 is 2.30 bits per heavy atom. The second-order valence-corrected chi connectivity index (χ2v) is 8.10. The molecule has 3 N–H and O–H groups in total. The Kier molecular flexibility index (Phi) is 8.30. The lowest BCUT2D eigenvalue weighted by molar-refractivity contribution is -0.148. The quantitative estimate of drug-likeness (QED) is 0.477. The van der Waals surface area contributed by atoms with E-state index >= 15 is 0 Å². The number of aliphatic carboxylic acids is 1. The monoisotopic (exact) mass is 456 g/mol. The maximum atomic E-state index is 13.0. The number of benzene rings is 2. The summed E-state index contributed by atoms with van der Waals surface area (Å²) in [6.45, 7) is 1.11. The summed E-state index contributed by atoms with van der Waals surface area (Å²) in [7, 11) is 5.01. The number of carboxylic acid groups (broad SMARTS) is 1. The standard InChI is InChI=1S/C25H32N2O6/c1-26-14-13-25(12-5-15-33-25)24(30)27-19(23(28)29)16-17-8-10-18(11-9-17)22-20(31-2)6-4-7-21(22)32-3/h4,6-11,19,26H,5,12-16H2,1-3H3,(H,27,30)(H,28,29)/t19-,25?/m0/s1. The molecule has 0 spiro atoms. The van der Waals surface area contributed by atoms with Crippen molar-refractivity contribution < 1.29 is 28.9 Å². The molecule has 3 rings (SSSR count). The number of carboxylic acids is 1. The number of nitrogens with one attached hydrogen (secondary N) is 2. The summed E-state index contributed by atoms with van der Waals surface area (Å²) in [5.74, 6) is -0.0824. The topological polar surface area (TPSA) is 106 Å². The van der Waals surface area contributed by atoms with Crippen molar-refractivity contribution >= 4 is 11.9 Å². The van der Waals surface area contributed by atoms with Crippen LogP contribution < -0.4 is 20.1 Å². The molecule has 2 aromatic carbocycles. The highest BCUT2D eigenvalue weighted by molar-refractivity contribution is 5.89. The number of carbonyl (C=O) groups is 2. The Hall–Kier alpha value is -3.10. The summed E-state index contributed by atoms with van der Waals surface area (Å²) in [6, 6.07) is 12.0. The van der Waals surface area contributed by atoms with Gasteiger partial charge in [0, 0.05) is 13.0 Å². The number of hydrogen-bond donors (Lipinski definition) is 3. The fourth-order valence-corrected chi connectivity index (χ4v) is 4.18. The highest BCUT2D eigenvalue weighted by atomic mass is 16.5. The van der Waals surface area contributed by atoms with Gasteiger partial charge >= 0.3 is 5.97 Å². The van der Waals surface area contributed by atoms with Gasteiger partial charge in [-0.05, 0) is 56.1 Å². The first-order valence-electron chi connectivity index (χ1n) is 11.1. The molecule has 178 valence electrons. The highest BCUT2D eigenvalue weighted by Gasteiger charge is 2.43. The van der Waals surface area contributed by atoms with Gasteiger partial charge in [-0.1, -0.05) is 30.3 Å². The number of carbonyl (C=O) groups excluding carboxylic acids is 1. The first-order valence-corrected chi connectivity index (χ1v) is 11.1. The minimum absolute atomic E-state index is 0.159. The maximum Gasteiger partial charge on any atom is 0.326 e. The summed E-state index contributed by atoms with van der Waals surface area (Å²) in [6.07, 6.45) is 2.02. The van der Waals surface area contributed by atoms with E-state index in [1.165, 1.54) is 0 Å². The van der Waals surface area contributed by atoms with Gasteiger partial charge < -0.3 is 30.0 Å². The molecular formula is C25H32N2O6. The smallest absolute Gasteiger partial charge is 0.326 e. The fraction of sp³-hybridized carbons (Fsp3) is 0.440. The summed E-state index contributed by atoms with van der Waals surface area (Å²) >= 11 is 0. The van der Waals surface area contributed by atoms with Crippen LogP contribution in [0.3, 0.4) is 0 Å². The molecule has 2 atom stereocenters. The Morgan fingerprint density at radius 1 is 1.12 bits per heavy atom. The molecule has 1 amide bonds. The van der Waals surface area contributed by atoms with Gasteiger partial charge in [0.05, 0.1) is 19.8 Å². The van der Waals surface area contributed by atoms with Gasteiger partial charge in [0.25, 0.3) is 5.91 Å². The predicted molar refractivity (Wildman–Crippen MR) is 125 cm³/mol. The van der Waals surface area contributed by atoms with E-state index in [9.17, 15) is 14.7 Å². The number of amides is 1. The molecule has 1 aliphatic heterocycles. The van der Waals surface area contributed by atoms with Gasteiger partial charge in [0.2, 0.25) is 0 Å². The third kappa shape index (κ3) is 5.64. The van der Waals surface area contributed by atoms with Crippen LogP contribution in [0.5, 0.6) is 11.5 Å². The molecule has 0 radical (unpaired) electrons. The van der Waals surface area contributed by atoms with Crippen molar-refractivity contribution in [1.82, 2.24) is 10.6 Å². The molecule has 8 nitrogen and oxygen atoms in total. The SMILES string of the molecule is CNCCC1(C(=O)N[C@@H](Cc2ccc(-c3c(OC)cccc3OC)cc2)C(=O)O)CCCO1. The average Bonchev–Trinajstić information content (AvgIpc) is 3.32. The Morgan fingerprint density at radius 2 is 1.79 bits per heavy atom. The first-order chi connectivity index (χ1) is 15.9. The Bertz CT molecular complexity index is 932. The zero-order valence-corrected chi connectivity index (χ0v) is 19.3. The van der Waals surface area contributed by atoms with Crippen LogP contribution in [0, 0.1) is 0 Å². The number of methoxy groups -OCH3 is 2. The van der Waals surface area contributed by atoms with E-state index in [0.29, 0.717) is 37.5 Å². The largest absolute Gasteiger partial charge is 0.496 e. The van der Waals surface area contributed by atoms with Crippen LogP contribution in [0.15, 0.2) is 42.5 Å². The van der Waals surface area contributed by atoms with Crippen molar-refractivity contribution in [2.24, 2.45) is 0 Å². The van der Waals surface area contributed by atoms with Crippen molar-refractivity contribution in [3.8, 4) is 22.6 Å². The summed E-state index contributed by atoms with van der Waals surface area (Å²) in [4.78, 5) is 24.9. The van der Waals surface area contributed by atoms with Crippen LogP contribution in [0.1, 0.15) is 24.8 Å². The third-order valence-electron chi connectivity index (χ3n) is 6.01. The molecule has 8 heteroatoms. The highest BCUT2D eigenvalue weighted by Crippen LogP contribution is 2.38. The molecule has 33 heavy (non-hydrogen) atoms. The van der Waals surface area contributed by atoms with Crippen LogP contribution >= 0.6 is 0 Å². The van der Waals surface area contributed by atoms with E-state index in [1.54, 1.807) is 14.2 Å². The van der Waals surface area contributed by atoms with Crippen LogP contribution in [-0.4, -0.2) is 63.0 Å². The van der Waals surface area contributed by atoms with Gasteiger partial charge in [-0.3, -0.25) is 4.79 Å². The average molecular weight is 457 g/mol. The first kappa shape index (κ1) is 24.5. The normalized spacial score (nSPS) is 18.5. The van der Waals surface area contributed by atoms with E-state index < -0.39 is 17.6 Å². The summed E-state index contributed by atoms with van der Waals surface area (Å²) in [5, 5.41) is 15.5. The van der Waals surface area contributed by atoms with Crippen molar-refractivity contribution in [2.75, 3.05) is 34.4 Å². The fourth-order valence-electron chi connectivity index (χ4n) is 4.18. The lowest BCUT2D eigenvalue weighted by atomic mass is 9.93. The molecule has 2 aromatic rings. The van der Waals surface area contributed by atoms with Crippen molar-refractivity contribution in [2.45, 2.75) is 37.3 Å². The zero-order chi connectivity index (χ0) is 23.8. The molecule has 1 saturated heterocycles. The predicted octanol–water partition coefficient (Wildman–Crippen LogP) is 2.64. The number of rotatable bonds is 11. The van der Waals surface area contributed by atoms with E-state index in [-0.39, 0.29) is 12.3 Å². The minimum Gasteiger partial charge on any atom is -0.496 e. The van der Waals surface area contributed by atoms with Crippen molar-refractivity contribution in [3.63, 3.8) is 0 Å². The number of ether oxygens (including phenoxy) is 3. The molecule has 1 fully saturated rings. The van der Waals surface area contributed by atoms with Crippen LogP contribution in [-0.2, 0) is 20.7 Å². The van der Waals surface area contributed by atoms with E-state index in [4.69, 9.17) is 14.2 Å². The van der Waals surface area contributed by atoms with Gasteiger partial charge in [-0.25, -0.2) is 4.79 Å². The van der Waals surface area contributed by atoms with Gasteiger partial charge in [0.15, 0.2) is 0 Å².